The number of carbonyl (C=O) groups is 1. The lowest BCUT2D eigenvalue weighted by molar-refractivity contribution is 0.0993. The first-order valence-corrected chi connectivity index (χ1v) is 6.01. The van der Waals surface area contributed by atoms with Crippen molar-refractivity contribution in [3.05, 3.63) is 65.9 Å². The van der Waals surface area contributed by atoms with E-state index in [2.05, 4.69) is 0 Å². The van der Waals surface area contributed by atoms with Gasteiger partial charge in [0.25, 0.3) is 0 Å². The van der Waals surface area contributed by atoms with E-state index < -0.39 is 0 Å². The highest BCUT2D eigenvalue weighted by Crippen LogP contribution is 2.22. The third-order valence-corrected chi connectivity index (χ3v) is 3.08. The summed E-state index contributed by atoms with van der Waals surface area (Å²) in [6.45, 7) is 0. The van der Waals surface area contributed by atoms with E-state index in [-0.39, 0.29) is 11.5 Å². The van der Waals surface area contributed by atoms with Gasteiger partial charge in [0.1, 0.15) is 17.6 Å². The summed E-state index contributed by atoms with van der Waals surface area (Å²) in [6.07, 6.45) is 1.80. The third kappa shape index (κ3) is 2.22. The maximum atomic E-state index is 12.3. The minimum atomic E-state index is 0.00985. The summed E-state index contributed by atoms with van der Waals surface area (Å²) in [6, 6.07) is 14.1. The molecule has 0 atom stereocenters. The maximum Gasteiger partial charge on any atom is 0.171 e. The molecule has 0 radical (unpaired) electrons. The lowest BCUT2D eigenvalue weighted by atomic mass is 10.0. The van der Waals surface area contributed by atoms with Crippen molar-refractivity contribution in [1.29, 1.82) is 0 Å². The summed E-state index contributed by atoms with van der Waals surface area (Å²) in [4.78, 5) is 12.3. The third-order valence-electron chi connectivity index (χ3n) is 3.08. The van der Waals surface area contributed by atoms with Gasteiger partial charge in [0, 0.05) is 11.8 Å². The Morgan fingerprint density at radius 3 is 2.58 bits per heavy atom. The number of aromatic hydroxyl groups is 1. The normalized spacial score (nSPS) is 10.7. The number of furan rings is 1. The largest absolute Gasteiger partial charge is 0.508 e. The second-order valence-electron chi connectivity index (χ2n) is 4.41. The van der Waals surface area contributed by atoms with E-state index in [1.165, 1.54) is 6.26 Å². The maximum absolute atomic E-state index is 12.3. The number of para-hydroxylation sites is 1. The minimum absolute atomic E-state index is 0.00985. The number of rotatable bonds is 3. The van der Waals surface area contributed by atoms with Gasteiger partial charge in [-0.25, -0.2) is 0 Å². The summed E-state index contributed by atoms with van der Waals surface area (Å²) in [7, 11) is 0. The summed E-state index contributed by atoms with van der Waals surface area (Å²) >= 11 is 0. The number of phenolic OH excluding ortho intramolecular Hbond substituents is 1. The van der Waals surface area contributed by atoms with E-state index in [4.69, 9.17) is 4.42 Å². The van der Waals surface area contributed by atoms with Gasteiger partial charge in [-0.15, -0.1) is 0 Å². The summed E-state index contributed by atoms with van der Waals surface area (Å²) in [5.41, 5.74) is 2.19. The molecule has 0 saturated heterocycles. The first-order chi connectivity index (χ1) is 9.24. The molecule has 0 fully saturated rings. The molecule has 3 rings (SSSR count). The topological polar surface area (TPSA) is 50.4 Å². The molecule has 0 bridgehead atoms. The van der Waals surface area contributed by atoms with Crippen LogP contribution in [0.4, 0.5) is 0 Å². The predicted octanol–water partition coefficient (Wildman–Crippen LogP) is 3.56. The monoisotopic (exact) mass is 252 g/mol. The number of benzene rings is 2. The Morgan fingerprint density at radius 2 is 1.79 bits per heavy atom. The molecule has 3 aromatic rings. The van der Waals surface area contributed by atoms with Crippen molar-refractivity contribution in [2.45, 2.75) is 6.42 Å². The van der Waals surface area contributed by atoms with Crippen molar-refractivity contribution in [3.63, 3.8) is 0 Å². The Labute approximate surface area is 110 Å². The molecule has 0 spiro atoms. The number of hydrogen-bond donors (Lipinski definition) is 1. The van der Waals surface area contributed by atoms with E-state index in [0.29, 0.717) is 12.0 Å². The Kier molecular flexibility index (Phi) is 2.80. The number of fused-ring (bicyclic) bond motifs is 1. The van der Waals surface area contributed by atoms with Crippen molar-refractivity contribution in [2.75, 3.05) is 0 Å². The first-order valence-electron chi connectivity index (χ1n) is 6.01. The number of hydrogen-bond acceptors (Lipinski definition) is 3. The van der Waals surface area contributed by atoms with Crippen LogP contribution in [0.3, 0.4) is 0 Å². The van der Waals surface area contributed by atoms with Gasteiger partial charge in [0.15, 0.2) is 5.78 Å². The predicted molar refractivity (Wildman–Crippen MR) is 72.4 cm³/mol. The van der Waals surface area contributed by atoms with Crippen molar-refractivity contribution >= 4 is 16.8 Å². The molecular weight excluding hydrogens is 240 g/mol. The lowest BCUT2D eigenvalue weighted by Crippen LogP contribution is -2.02. The molecule has 19 heavy (non-hydrogen) atoms. The average molecular weight is 252 g/mol. The van der Waals surface area contributed by atoms with E-state index in [1.807, 2.05) is 24.3 Å². The Bertz CT molecular complexity index is 723. The highest BCUT2D eigenvalue weighted by atomic mass is 16.3. The van der Waals surface area contributed by atoms with Crippen molar-refractivity contribution in [1.82, 2.24) is 0 Å². The molecule has 94 valence electrons. The fourth-order valence-corrected chi connectivity index (χ4v) is 2.09. The second-order valence-corrected chi connectivity index (χ2v) is 4.41. The Hall–Kier alpha value is -2.55. The van der Waals surface area contributed by atoms with Crippen molar-refractivity contribution in [2.24, 2.45) is 0 Å². The number of phenols is 1. The van der Waals surface area contributed by atoms with E-state index >= 15 is 0 Å². The Balaban J connectivity index is 1.90. The molecule has 1 heterocycles. The van der Waals surface area contributed by atoms with Gasteiger partial charge in [0.2, 0.25) is 0 Å². The van der Waals surface area contributed by atoms with Gasteiger partial charge in [-0.05, 0) is 23.8 Å². The standard InChI is InChI=1S/C16H12O3/c17-12-7-5-11(6-8-12)9-15(18)14-10-19-16-4-2-1-3-13(14)16/h1-8,10,17H,9H2. The number of Topliss-reactive ketones (excluding diaryl/α,β-unsaturated/α-hetero) is 1. The molecule has 0 aliphatic rings. The highest BCUT2D eigenvalue weighted by molar-refractivity contribution is 6.07. The van der Waals surface area contributed by atoms with Gasteiger partial charge in [-0.1, -0.05) is 30.3 Å². The Morgan fingerprint density at radius 1 is 1.05 bits per heavy atom. The van der Waals surface area contributed by atoms with Crippen LogP contribution in [0.2, 0.25) is 0 Å². The quantitative estimate of drug-likeness (QED) is 0.725. The van der Waals surface area contributed by atoms with Crippen LogP contribution in [0.5, 0.6) is 5.75 Å². The van der Waals surface area contributed by atoms with Gasteiger partial charge in [-0.2, -0.15) is 0 Å². The zero-order valence-electron chi connectivity index (χ0n) is 10.2. The van der Waals surface area contributed by atoms with Crippen LogP contribution in [0.15, 0.2) is 59.2 Å². The van der Waals surface area contributed by atoms with Gasteiger partial charge in [0.05, 0.1) is 5.56 Å². The van der Waals surface area contributed by atoms with Gasteiger partial charge < -0.3 is 9.52 Å². The fraction of sp³-hybridized carbons (Fsp3) is 0.0625. The van der Waals surface area contributed by atoms with Gasteiger partial charge in [-0.3, -0.25) is 4.79 Å². The van der Waals surface area contributed by atoms with Crippen molar-refractivity contribution in [3.8, 4) is 5.75 Å². The zero-order chi connectivity index (χ0) is 13.2. The molecule has 3 nitrogen and oxygen atoms in total. The summed E-state index contributed by atoms with van der Waals surface area (Å²) in [5.74, 6) is 0.209. The second kappa shape index (κ2) is 4.61. The molecule has 2 aromatic carbocycles. The minimum Gasteiger partial charge on any atom is -0.508 e. The average Bonchev–Trinajstić information content (AvgIpc) is 2.85. The summed E-state index contributed by atoms with van der Waals surface area (Å²) in [5, 5.41) is 10.1. The lowest BCUT2D eigenvalue weighted by Gasteiger charge is -2.00. The van der Waals surface area contributed by atoms with Crippen LogP contribution in [-0.4, -0.2) is 10.9 Å². The first kappa shape index (κ1) is 11.5. The van der Waals surface area contributed by atoms with Gasteiger partial charge >= 0.3 is 0 Å². The smallest absolute Gasteiger partial charge is 0.171 e. The fourth-order valence-electron chi connectivity index (χ4n) is 2.09. The van der Waals surface area contributed by atoms with Crippen molar-refractivity contribution < 1.29 is 14.3 Å². The number of carbonyl (C=O) groups excluding carboxylic acids is 1. The molecule has 3 heteroatoms. The van der Waals surface area contributed by atoms with E-state index in [0.717, 1.165) is 16.5 Å². The van der Waals surface area contributed by atoms with Crippen LogP contribution < -0.4 is 0 Å². The molecule has 1 aromatic heterocycles. The zero-order valence-corrected chi connectivity index (χ0v) is 10.2. The van der Waals surface area contributed by atoms with Crippen LogP contribution >= 0.6 is 0 Å². The molecule has 1 N–H and O–H groups in total. The summed E-state index contributed by atoms with van der Waals surface area (Å²) < 4.78 is 5.37. The van der Waals surface area contributed by atoms with E-state index in [1.54, 1.807) is 24.3 Å². The molecule has 0 saturated carbocycles. The molecule has 0 unspecified atom stereocenters. The van der Waals surface area contributed by atoms with Crippen LogP contribution in [0.25, 0.3) is 11.0 Å². The van der Waals surface area contributed by atoms with E-state index in [9.17, 15) is 9.90 Å². The van der Waals surface area contributed by atoms with Crippen LogP contribution in [0, 0.1) is 0 Å². The van der Waals surface area contributed by atoms with Crippen LogP contribution in [0.1, 0.15) is 15.9 Å². The molecule has 0 aliphatic heterocycles. The van der Waals surface area contributed by atoms with Crippen LogP contribution in [-0.2, 0) is 6.42 Å². The molecular formula is C16H12O3. The number of ketones is 1. The SMILES string of the molecule is O=C(Cc1ccc(O)cc1)c1coc2ccccc12. The molecule has 0 aliphatic carbocycles. The molecule has 0 amide bonds. The highest BCUT2D eigenvalue weighted by Gasteiger charge is 2.13.